The lowest BCUT2D eigenvalue weighted by Gasteiger charge is -2.32. The van der Waals surface area contributed by atoms with Crippen LogP contribution in [0.4, 0.5) is 0 Å². The Morgan fingerprint density at radius 2 is 1.44 bits per heavy atom. The Labute approximate surface area is 304 Å². The fourth-order valence-electron chi connectivity index (χ4n) is 12.8. The number of nitrogens with one attached hydrogen (secondary N) is 5. The number of unbranched alkanes of at least 4 members (excludes halogenated alkanes) is 3. The molecule has 9 nitrogen and oxygen atoms in total. The second-order valence-corrected chi connectivity index (χ2v) is 18.2. The Balaban J connectivity index is 1.28. The number of nitrogens with two attached hydrogens (primary N) is 1. The van der Waals surface area contributed by atoms with E-state index >= 15 is 0 Å². The van der Waals surface area contributed by atoms with Gasteiger partial charge in [-0.15, -0.1) is 0 Å². The van der Waals surface area contributed by atoms with Crippen LogP contribution in [0.15, 0.2) is 0 Å². The van der Waals surface area contributed by atoms with Crippen molar-refractivity contribution in [2.24, 2.45) is 59.0 Å². The van der Waals surface area contributed by atoms with E-state index in [1.807, 2.05) is 0 Å². The SMILES string of the molecule is CCCCCCOC(C)C1C2CC3NC(CC4NC5C(CC(O)C5C4C)C4NC(CC(N2)C1C)C(C)C4CCC(=O)NCCN)C(CC)C3C. The lowest BCUT2D eigenvalue weighted by molar-refractivity contribution is -0.121. The van der Waals surface area contributed by atoms with Crippen molar-refractivity contribution >= 4 is 5.91 Å². The molecular formula is C41H76N6O3. The topological polar surface area (TPSA) is 133 Å². The minimum Gasteiger partial charge on any atom is -0.393 e. The zero-order valence-corrected chi connectivity index (χ0v) is 32.7. The van der Waals surface area contributed by atoms with Crippen LogP contribution in [-0.4, -0.2) is 91.3 Å². The minimum absolute atomic E-state index is 0.114. The molecule has 6 fully saturated rings. The van der Waals surface area contributed by atoms with Crippen molar-refractivity contribution in [2.75, 3.05) is 19.7 Å². The van der Waals surface area contributed by atoms with Crippen LogP contribution >= 0.6 is 0 Å². The van der Waals surface area contributed by atoms with E-state index in [2.05, 4.69) is 75.1 Å². The van der Waals surface area contributed by atoms with Gasteiger partial charge in [-0.3, -0.25) is 4.79 Å². The lowest BCUT2D eigenvalue weighted by atomic mass is 9.76. The van der Waals surface area contributed by atoms with E-state index in [1.54, 1.807) is 0 Å². The van der Waals surface area contributed by atoms with Crippen LogP contribution in [0, 0.1) is 53.3 Å². The van der Waals surface area contributed by atoms with Crippen molar-refractivity contribution in [1.82, 2.24) is 26.6 Å². The maximum Gasteiger partial charge on any atom is 0.220 e. The molecule has 6 aliphatic rings. The van der Waals surface area contributed by atoms with Gasteiger partial charge in [-0.05, 0) is 86.9 Å². The van der Waals surface area contributed by atoms with Crippen LogP contribution in [0.5, 0.6) is 0 Å². The van der Waals surface area contributed by atoms with Crippen LogP contribution in [0.3, 0.4) is 0 Å². The fourth-order valence-corrected chi connectivity index (χ4v) is 12.8. The fraction of sp³-hybridized carbons (Fsp3) is 0.976. The highest BCUT2D eigenvalue weighted by molar-refractivity contribution is 5.75. The zero-order chi connectivity index (χ0) is 35.7. The third-order valence-electron chi connectivity index (χ3n) is 15.6. The van der Waals surface area contributed by atoms with Gasteiger partial charge in [-0.25, -0.2) is 0 Å². The highest BCUT2D eigenvalue weighted by Crippen LogP contribution is 2.50. The zero-order valence-electron chi connectivity index (χ0n) is 32.7. The van der Waals surface area contributed by atoms with E-state index in [-0.39, 0.29) is 18.1 Å². The summed E-state index contributed by atoms with van der Waals surface area (Å²) in [7, 11) is 0. The number of rotatable bonds is 13. The molecule has 5 heterocycles. The maximum atomic E-state index is 12.9. The monoisotopic (exact) mass is 701 g/mol. The van der Waals surface area contributed by atoms with Gasteiger partial charge < -0.3 is 42.2 Å². The molecule has 8 N–H and O–H groups in total. The Morgan fingerprint density at radius 3 is 2.18 bits per heavy atom. The molecule has 5 aliphatic heterocycles. The average Bonchev–Trinajstić information content (AvgIpc) is 3.84. The predicted octanol–water partition coefficient (Wildman–Crippen LogP) is 4.17. The van der Waals surface area contributed by atoms with E-state index in [4.69, 9.17) is 10.5 Å². The summed E-state index contributed by atoms with van der Waals surface area (Å²) in [6, 6.07) is 3.23. The molecule has 9 heteroatoms. The first-order valence-corrected chi connectivity index (χ1v) is 21.4. The van der Waals surface area contributed by atoms with Crippen molar-refractivity contribution in [1.29, 1.82) is 0 Å². The molecule has 1 amide bonds. The number of aliphatic hydroxyl groups is 1. The van der Waals surface area contributed by atoms with Gasteiger partial charge in [0.05, 0.1) is 12.2 Å². The number of hydrogen-bond acceptors (Lipinski definition) is 8. The average molecular weight is 701 g/mol. The van der Waals surface area contributed by atoms with Crippen molar-refractivity contribution in [2.45, 2.75) is 180 Å². The number of hydrogen-bond donors (Lipinski definition) is 7. The molecule has 0 aromatic rings. The van der Waals surface area contributed by atoms with E-state index in [1.165, 1.54) is 25.7 Å². The first-order chi connectivity index (χ1) is 24.1. The van der Waals surface area contributed by atoms with E-state index in [9.17, 15) is 9.90 Å². The van der Waals surface area contributed by atoms with E-state index in [0.717, 1.165) is 45.1 Å². The Morgan fingerprint density at radius 1 is 0.800 bits per heavy atom. The van der Waals surface area contributed by atoms with E-state index in [0.29, 0.717) is 121 Å². The third kappa shape index (κ3) is 7.86. The number of ether oxygens (including phenoxy) is 1. The molecule has 50 heavy (non-hydrogen) atoms. The molecule has 0 aromatic heterocycles. The second-order valence-electron chi connectivity index (χ2n) is 18.2. The molecule has 0 radical (unpaired) electrons. The van der Waals surface area contributed by atoms with Gasteiger partial charge in [-0.1, -0.05) is 67.2 Å². The van der Waals surface area contributed by atoms with Crippen LogP contribution in [0.25, 0.3) is 0 Å². The summed E-state index contributed by atoms with van der Waals surface area (Å²) in [5, 5.41) is 31.7. The number of aliphatic hydroxyl groups excluding tert-OH is 1. The summed E-state index contributed by atoms with van der Waals surface area (Å²) in [4.78, 5) is 12.9. The quantitative estimate of drug-likeness (QED) is 0.143. The molecule has 1 saturated carbocycles. The Bertz CT molecular complexity index is 1100. The van der Waals surface area contributed by atoms with Gasteiger partial charge in [-0.2, -0.15) is 0 Å². The number of carbonyl (C=O) groups excluding carboxylic acids is 1. The van der Waals surface area contributed by atoms with Gasteiger partial charge in [0.1, 0.15) is 0 Å². The highest BCUT2D eigenvalue weighted by atomic mass is 16.5. The van der Waals surface area contributed by atoms with Crippen molar-refractivity contribution in [3.05, 3.63) is 0 Å². The normalized spacial score (nSPS) is 47.5. The van der Waals surface area contributed by atoms with Crippen LogP contribution in [-0.2, 0) is 9.53 Å². The molecule has 1 aliphatic carbocycles. The van der Waals surface area contributed by atoms with Gasteiger partial charge >= 0.3 is 0 Å². The van der Waals surface area contributed by atoms with Crippen molar-refractivity contribution in [3.8, 4) is 0 Å². The van der Waals surface area contributed by atoms with Gasteiger partial charge in [0.25, 0.3) is 0 Å². The first kappa shape index (κ1) is 38.9. The summed E-state index contributed by atoms with van der Waals surface area (Å²) in [6.45, 7) is 18.8. The van der Waals surface area contributed by atoms with Gasteiger partial charge in [0, 0.05) is 86.3 Å². The smallest absolute Gasteiger partial charge is 0.220 e. The standard InChI is InChI=1S/C41H76N6O3/c1-8-10-11-12-17-50-26(7)38-24(5)32-19-31-23(4)28(13-14-37(49)43-16-15-42)40(46-31)29-18-36(48)39-25(6)33(47-41(29)39)20-34-27(9-2)22(3)30(44-34)21-35(38)45-32/h22-36,38-41,44-48H,8-21,42H2,1-7H3,(H,43,49). The van der Waals surface area contributed by atoms with Crippen LogP contribution < -0.4 is 32.3 Å². The number of carbonyl (C=O) groups is 1. The largest absolute Gasteiger partial charge is 0.393 e. The summed E-state index contributed by atoms with van der Waals surface area (Å²) in [5.74, 6) is 4.35. The molecule has 19 atom stereocenters. The summed E-state index contributed by atoms with van der Waals surface area (Å²) < 4.78 is 6.68. The molecule has 288 valence electrons. The third-order valence-corrected chi connectivity index (χ3v) is 15.6. The lowest BCUT2D eigenvalue weighted by Crippen LogP contribution is -2.49. The van der Waals surface area contributed by atoms with E-state index < -0.39 is 0 Å². The molecule has 5 saturated heterocycles. The van der Waals surface area contributed by atoms with Crippen molar-refractivity contribution in [3.63, 3.8) is 0 Å². The number of fused-ring (bicyclic) bond motifs is 8. The molecular weight excluding hydrogens is 624 g/mol. The first-order valence-electron chi connectivity index (χ1n) is 21.4. The maximum absolute atomic E-state index is 12.9. The van der Waals surface area contributed by atoms with Crippen molar-refractivity contribution < 1.29 is 14.6 Å². The minimum atomic E-state index is -0.271. The van der Waals surface area contributed by atoms with Crippen LogP contribution in [0.2, 0.25) is 0 Å². The molecule has 0 aromatic carbocycles. The summed E-state index contributed by atoms with van der Waals surface area (Å²) in [6.07, 6.45) is 11.8. The summed E-state index contributed by atoms with van der Waals surface area (Å²) in [5.41, 5.74) is 5.70. The molecule has 8 bridgehead atoms. The Kier molecular flexibility index (Phi) is 13.3. The summed E-state index contributed by atoms with van der Waals surface area (Å²) >= 11 is 0. The molecule has 0 spiro atoms. The van der Waals surface area contributed by atoms with Gasteiger partial charge in [0.2, 0.25) is 5.91 Å². The molecule has 19 unspecified atom stereocenters. The van der Waals surface area contributed by atoms with Crippen LogP contribution in [0.1, 0.15) is 119 Å². The highest BCUT2D eigenvalue weighted by Gasteiger charge is 2.58. The van der Waals surface area contributed by atoms with Gasteiger partial charge in [0.15, 0.2) is 0 Å². The molecule has 6 rings (SSSR count). The Hall–Kier alpha value is -0.810. The predicted molar refractivity (Wildman–Crippen MR) is 203 cm³/mol. The number of amides is 1. The second kappa shape index (κ2) is 17.1.